The van der Waals surface area contributed by atoms with Crippen LogP contribution in [-0.4, -0.2) is 35.0 Å². The van der Waals surface area contributed by atoms with Crippen LogP contribution in [0.25, 0.3) is 0 Å². The summed E-state index contributed by atoms with van der Waals surface area (Å²) in [6.07, 6.45) is -1.17. The summed E-state index contributed by atoms with van der Waals surface area (Å²) >= 11 is 0. The van der Waals surface area contributed by atoms with Gasteiger partial charge >= 0.3 is 12.0 Å². The number of carbonyl (C=O) groups is 3. The summed E-state index contributed by atoms with van der Waals surface area (Å²) in [7, 11) is 0. The molecule has 0 aliphatic heterocycles. The summed E-state index contributed by atoms with van der Waals surface area (Å²) in [6.45, 7) is 2.67. The molecule has 0 aliphatic carbocycles. The molecule has 0 saturated heterocycles. The number of nitro benzene ring substituents is 1. The van der Waals surface area contributed by atoms with Crippen molar-refractivity contribution in [2.75, 3.05) is 5.32 Å². The van der Waals surface area contributed by atoms with Crippen LogP contribution < -0.4 is 16.4 Å². The van der Waals surface area contributed by atoms with E-state index in [4.69, 9.17) is 10.5 Å². The van der Waals surface area contributed by atoms with E-state index in [0.29, 0.717) is 0 Å². The molecule has 2 atom stereocenters. The molecular weight excluding hydrogens is 308 g/mol. The van der Waals surface area contributed by atoms with Crippen molar-refractivity contribution in [3.05, 3.63) is 34.4 Å². The molecule has 0 bridgehead atoms. The average molecular weight is 324 g/mol. The van der Waals surface area contributed by atoms with Gasteiger partial charge < -0.3 is 21.1 Å². The Kier molecular flexibility index (Phi) is 6.01. The second-order valence-electron chi connectivity index (χ2n) is 4.61. The number of anilines is 1. The topological polar surface area (TPSA) is 154 Å². The molecule has 0 radical (unpaired) electrons. The van der Waals surface area contributed by atoms with Crippen LogP contribution in [-0.2, 0) is 14.3 Å². The second kappa shape index (κ2) is 7.73. The van der Waals surface area contributed by atoms with E-state index in [0.717, 1.165) is 0 Å². The number of urea groups is 1. The van der Waals surface area contributed by atoms with E-state index < -0.39 is 35.0 Å². The van der Waals surface area contributed by atoms with Gasteiger partial charge in [-0.1, -0.05) is 6.07 Å². The summed E-state index contributed by atoms with van der Waals surface area (Å²) in [6, 6.07) is 3.39. The van der Waals surface area contributed by atoms with Gasteiger partial charge in [0.2, 0.25) is 0 Å². The molecule has 23 heavy (non-hydrogen) atoms. The van der Waals surface area contributed by atoms with Gasteiger partial charge in [0, 0.05) is 17.8 Å². The third-order valence-corrected chi connectivity index (χ3v) is 2.70. The summed E-state index contributed by atoms with van der Waals surface area (Å²) in [4.78, 5) is 44.2. The van der Waals surface area contributed by atoms with Gasteiger partial charge in [-0.25, -0.2) is 9.59 Å². The highest BCUT2D eigenvalue weighted by atomic mass is 16.6. The van der Waals surface area contributed by atoms with Gasteiger partial charge in [-0.15, -0.1) is 0 Å². The van der Waals surface area contributed by atoms with Crippen LogP contribution in [0.15, 0.2) is 24.3 Å². The number of carbonyl (C=O) groups excluding carboxylic acids is 3. The lowest BCUT2D eigenvalue weighted by Crippen LogP contribution is -2.44. The zero-order valence-corrected chi connectivity index (χ0v) is 12.4. The molecule has 1 aromatic rings. The molecule has 0 unspecified atom stereocenters. The average Bonchev–Trinajstić information content (AvgIpc) is 2.46. The van der Waals surface area contributed by atoms with Gasteiger partial charge in [0.05, 0.1) is 4.92 Å². The first kappa shape index (κ1) is 17.9. The Balaban J connectivity index is 2.63. The number of hydrogen-bond acceptors (Lipinski definition) is 6. The first-order chi connectivity index (χ1) is 10.7. The maximum Gasteiger partial charge on any atom is 0.329 e. The maximum atomic E-state index is 11.9. The van der Waals surface area contributed by atoms with Crippen LogP contribution in [0.4, 0.5) is 16.2 Å². The van der Waals surface area contributed by atoms with Gasteiger partial charge in [0.25, 0.3) is 11.6 Å². The largest absolute Gasteiger partial charge is 0.451 e. The number of nitrogens with two attached hydrogens (primary N) is 1. The molecule has 124 valence electrons. The predicted octanol–water partition coefficient (Wildman–Crippen LogP) is 0.522. The zero-order chi connectivity index (χ0) is 17.6. The molecule has 4 N–H and O–H groups in total. The minimum atomic E-state index is -1.17. The van der Waals surface area contributed by atoms with E-state index in [1.807, 2.05) is 0 Å². The van der Waals surface area contributed by atoms with Gasteiger partial charge in [-0.2, -0.15) is 0 Å². The van der Waals surface area contributed by atoms with Crippen molar-refractivity contribution in [2.45, 2.75) is 26.0 Å². The van der Waals surface area contributed by atoms with Crippen LogP contribution in [0.3, 0.4) is 0 Å². The summed E-state index contributed by atoms with van der Waals surface area (Å²) in [5, 5.41) is 15.2. The highest BCUT2D eigenvalue weighted by Gasteiger charge is 2.23. The Bertz CT molecular complexity index is 633. The van der Waals surface area contributed by atoms with E-state index in [1.54, 1.807) is 0 Å². The molecule has 0 aromatic heterocycles. The molecule has 0 heterocycles. The third kappa shape index (κ3) is 5.61. The highest BCUT2D eigenvalue weighted by Crippen LogP contribution is 2.17. The predicted molar refractivity (Wildman–Crippen MR) is 79.5 cm³/mol. The lowest BCUT2D eigenvalue weighted by atomic mass is 10.2. The molecule has 1 rings (SSSR count). The summed E-state index contributed by atoms with van der Waals surface area (Å²) < 4.78 is 4.87. The van der Waals surface area contributed by atoms with Gasteiger partial charge in [-0.3, -0.25) is 14.9 Å². The first-order valence-electron chi connectivity index (χ1n) is 6.52. The summed E-state index contributed by atoms with van der Waals surface area (Å²) in [5.74, 6) is -1.52. The number of nitrogens with zero attached hydrogens (tertiary/aromatic N) is 1. The maximum absolute atomic E-state index is 11.9. The minimum Gasteiger partial charge on any atom is -0.451 e. The normalized spacial score (nSPS) is 12.6. The number of primary amides is 1. The van der Waals surface area contributed by atoms with Crippen LogP contribution in [0.1, 0.15) is 13.8 Å². The first-order valence-corrected chi connectivity index (χ1v) is 6.52. The molecule has 0 fully saturated rings. The number of nitro groups is 1. The van der Waals surface area contributed by atoms with Crippen molar-refractivity contribution in [3.8, 4) is 0 Å². The smallest absolute Gasteiger partial charge is 0.329 e. The zero-order valence-electron chi connectivity index (χ0n) is 12.4. The molecule has 1 aromatic carbocycles. The van der Waals surface area contributed by atoms with Crippen molar-refractivity contribution >= 4 is 29.3 Å². The lowest BCUT2D eigenvalue weighted by Gasteiger charge is -2.16. The van der Waals surface area contributed by atoms with Crippen molar-refractivity contribution in [1.29, 1.82) is 0 Å². The van der Waals surface area contributed by atoms with Crippen molar-refractivity contribution < 1.29 is 24.0 Å². The Morgan fingerprint density at radius 2 is 1.96 bits per heavy atom. The number of benzene rings is 1. The molecule has 10 heteroatoms. The van der Waals surface area contributed by atoms with Gasteiger partial charge in [0.1, 0.15) is 6.04 Å². The fraction of sp³-hybridized carbons (Fsp3) is 0.308. The fourth-order valence-electron chi connectivity index (χ4n) is 1.54. The lowest BCUT2D eigenvalue weighted by molar-refractivity contribution is -0.384. The van der Waals surface area contributed by atoms with Crippen LogP contribution in [0.2, 0.25) is 0 Å². The SMILES string of the molecule is C[C@H](NC(N)=O)C(=O)O[C@@H](C)C(=O)Nc1cccc([N+](=O)[O-])c1. The number of nitrogens with one attached hydrogen (secondary N) is 2. The van der Waals surface area contributed by atoms with E-state index in [-0.39, 0.29) is 11.4 Å². The van der Waals surface area contributed by atoms with Crippen molar-refractivity contribution in [3.63, 3.8) is 0 Å². The van der Waals surface area contributed by atoms with Crippen LogP contribution in [0, 0.1) is 10.1 Å². The molecule has 3 amide bonds. The number of hydrogen-bond donors (Lipinski definition) is 3. The van der Waals surface area contributed by atoms with Gasteiger partial charge in [-0.05, 0) is 19.9 Å². The van der Waals surface area contributed by atoms with E-state index >= 15 is 0 Å². The van der Waals surface area contributed by atoms with Crippen molar-refractivity contribution in [2.24, 2.45) is 5.73 Å². The number of amides is 3. The molecule has 10 nitrogen and oxygen atoms in total. The number of ether oxygens (including phenoxy) is 1. The highest BCUT2D eigenvalue weighted by molar-refractivity contribution is 5.95. The number of esters is 1. The standard InChI is InChI=1S/C13H16N4O6/c1-7(15-13(14)20)12(19)23-8(2)11(18)16-9-4-3-5-10(6-9)17(21)22/h3-8H,1-2H3,(H,16,18)(H3,14,15,20)/t7-,8-/m0/s1. The van der Waals surface area contributed by atoms with Crippen LogP contribution in [0.5, 0.6) is 0 Å². The minimum absolute atomic E-state index is 0.188. The fourth-order valence-corrected chi connectivity index (χ4v) is 1.54. The monoisotopic (exact) mass is 324 g/mol. The molecule has 0 spiro atoms. The van der Waals surface area contributed by atoms with E-state index in [1.165, 1.54) is 38.1 Å². The van der Waals surface area contributed by atoms with Gasteiger partial charge in [0.15, 0.2) is 6.10 Å². The summed E-state index contributed by atoms with van der Waals surface area (Å²) in [5.41, 5.74) is 4.87. The third-order valence-electron chi connectivity index (χ3n) is 2.70. The molecule has 0 aliphatic rings. The second-order valence-corrected chi connectivity index (χ2v) is 4.61. The van der Waals surface area contributed by atoms with E-state index in [9.17, 15) is 24.5 Å². The van der Waals surface area contributed by atoms with Crippen LogP contribution >= 0.6 is 0 Å². The Labute approximate surface area is 131 Å². The number of rotatable bonds is 6. The Morgan fingerprint density at radius 3 is 2.52 bits per heavy atom. The molecule has 0 saturated carbocycles. The van der Waals surface area contributed by atoms with E-state index in [2.05, 4.69) is 10.6 Å². The number of non-ortho nitro benzene ring substituents is 1. The quantitative estimate of drug-likeness (QED) is 0.394. The Hall–Kier alpha value is -3.17. The Morgan fingerprint density at radius 1 is 1.30 bits per heavy atom. The van der Waals surface area contributed by atoms with Crippen molar-refractivity contribution in [1.82, 2.24) is 5.32 Å². The molecular formula is C13H16N4O6.